The van der Waals surface area contributed by atoms with E-state index in [2.05, 4.69) is 24.2 Å². The number of nitrogens with two attached hydrogens (primary N) is 1. The minimum Gasteiger partial charge on any atom is -0.323 e. The Bertz CT molecular complexity index is 290. The van der Waals surface area contributed by atoms with Gasteiger partial charge in [-0.25, -0.2) is 0 Å². The zero-order valence-corrected chi connectivity index (χ0v) is 8.77. The van der Waals surface area contributed by atoms with Gasteiger partial charge in [-0.1, -0.05) is 19.1 Å². The monoisotopic (exact) mass is 194 g/mol. The average Bonchev–Trinajstić information content (AvgIpc) is 2.18. The Morgan fingerprint density at radius 3 is 2.46 bits per heavy atom. The first-order valence-corrected chi connectivity index (χ1v) is 5.24. The molecular formula is C10H14N2S. The Balaban J connectivity index is 2.81. The largest absolute Gasteiger partial charge is 0.323 e. The van der Waals surface area contributed by atoms with Gasteiger partial charge in [-0.05, 0) is 30.4 Å². The van der Waals surface area contributed by atoms with Crippen LogP contribution in [0, 0.1) is 0 Å². The van der Waals surface area contributed by atoms with Crippen LogP contribution in [-0.4, -0.2) is 11.5 Å². The molecule has 0 radical (unpaired) electrons. The number of hydrogen-bond acceptors (Lipinski definition) is 3. The van der Waals surface area contributed by atoms with E-state index in [4.69, 9.17) is 5.84 Å². The SMILES string of the molecule is CCSc1ccc(/C(C)=N/N)cc1. The predicted octanol–water partition coefficient (Wildman–Crippen LogP) is 2.48. The van der Waals surface area contributed by atoms with Crippen LogP contribution < -0.4 is 5.84 Å². The van der Waals surface area contributed by atoms with Crippen molar-refractivity contribution in [2.45, 2.75) is 18.7 Å². The van der Waals surface area contributed by atoms with E-state index in [9.17, 15) is 0 Å². The summed E-state index contributed by atoms with van der Waals surface area (Å²) in [5.41, 5.74) is 1.95. The average molecular weight is 194 g/mol. The molecule has 0 aliphatic rings. The van der Waals surface area contributed by atoms with Crippen molar-refractivity contribution in [1.82, 2.24) is 0 Å². The molecule has 13 heavy (non-hydrogen) atoms. The lowest BCUT2D eigenvalue weighted by molar-refractivity contribution is 1.23. The van der Waals surface area contributed by atoms with Crippen LogP contribution in [0.15, 0.2) is 34.3 Å². The first-order chi connectivity index (χ1) is 6.27. The molecule has 1 aromatic rings. The van der Waals surface area contributed by atoms with Crippen molar-refractivity contribution in [3.8, 4) is 0 Å². The summed E-state index contributed by atoms with van der Waals surface area (Å²) in [6, 6.07) is 8.28. The lowest BCUT2D eigenvalue weighted by atomic mass is 10.1. The number of benzene rings is 1. The third-order valence-electron chi connectivity index (χ3n) is 1.78. The molecule has 2 N–H and O–H groups in total. The van der Waals surface area contributed by atoms with E-state index in [0.29, 0.717) is 0 Å². The Morgan fingerprint density at radius 2 is 2.00 bits per heavy atom. The molecular weight excluding hydrogens is 180 g/mol. The van der Waals surface area contributed by atoms with Gasteiger partial charge in [0.25, 0.3) is 0 Å². The van der Waals surface area contributed by atoms with Gasteiger partial charge in [0.2, 0.25) is 0 Å². The quantitative estimate of drug-likeness (QED) is 0.347. The highest BCUT2D eigenvalue weighted by atomic mass is 32.2. The maximum Gasteiger partial charge on any atom is 0.0641 e. The van der Waals surface area contributed by atoms with Gasteiger partial charge in [0, 0.05) is 4.90 Å². The standard InChI is InChI=1S/C10H14N2S/c1-3-13-10-6-4-9(5-7-10)8(2)12-11/h4-7H,3,11H2,1-2H3/b12-8+. The second kappa shape index (κ2) is 4.92. The summed E-state index contributed by atoms with van der Waals surface area (Å²) in [7, 11) is 0. The number of thioether (sulfide) groups is 1. The number of hydrazone groups is 1. The van der Waals surface area contributed by atoms with Gasteiger partial charge >= 0.3 is 0 Å². The van der Waals surface area contributed by atoms with Crippen molar-refractivity contribution >= 4 is 17.5 Å². The summed E-state index contributed by atoms with van der Waals surface area (Å²) in [4.78, 5) is 1.29. The van der Waals surface area contributed by atoms with E-state index < -0.39 is 0 Å². The topological polar surface area (TPSA) is 38.4 Å². The maximum atomic E-state index is 5.18. The lowest BCUT2D eigenvalue weighted by Crippen LogP contribution is -1.97. The summed E-state index contributed by atoms with van der Waals surface area (Å²) < 4.78 is 0. The smallest absolute Gasteiger partial charge is 0.0641 e. The molecule has 70 valence electrons. The van der Waals surface area contributed by atoms with Gasteiger partial charge in [-0.3, -0.25) is 0 Å². The van der Waals surface area contributed by atoms with Crippen molar-refractivity contribution in [2.75, 3.05) is 5.75 Å². The van der Waals surface area contributed by atoms with Gasteiger partial charge in [-0.15, -0.1) is 11.8 Å². The molecule has 0 aromatic heterocycles. The van der Waals surface area contributed by atoms with E-state index >= 15 is 0 Å². The first kappa shape index (κ1) is 10.1. The maximum absolute atomic E-state index is 5.18. The van der Waals surface area contributed by atoms with Crippen molar-refractivity contribution in [1.29, 1.82) is 0 Å². The van der Waals surface area contributed by atoms with Gasteiger partial charge in [0.1, 0.15) is 0 Å². The Labute approximate surface area is 83.2 Å². The molecule has 0 atom stereocenters. The van der Waals surface area contributed by atoms with Crippen molar-refractivity contribution in [3.63, 3.8) is 0 Å². The molecule has 0 unspecified atom stereocenters. The van der Waals surface area contributed by atoms with E-state index in [0.717, 1.165) is 17.0 Å². The summed E-state index contributed by atoms with van der Waals surface area (Å²) in [5, 5.41) is 3.64. The van der Waals surface area contributed by atoms with E-state index in [1.165, 1.54) is 4.90 Å². The third-order valence-corrected chi connectivity index (χ3v) is 2.67. The summed E-state index contributed by atoms with van der Waals surface area (Å²) in [6.07, 6.45) is 0. The van der Waals surface area contributed by atoms with Crippen molar-refractivity contribution < 1.29 is 0 Å². The molecule has 0 spiro atoms. The summed E-state index contributed by atoms with van der Waals surface area (Å²) >= 11 is 1.83. The highest BCUT2D eigenvalue weighted by Gasteiger charge is 1.96. The molecule has 2 nitrogen and oxygen atoms in total. The summed E-state index contributed by atoms with van der Waals surface area (Å²) in [5.74, 6) is 6.28. The van der Waals surface area contributed by atoms with Crippen molar-refractivity contribution in [3.05, 3.63) is 29.8 Å². The van der Waals surface area contributed by atoms with E-state index in [1.807, 2.05) is 30.8 Å². The molecule has 0 fully saturated rings. The number of hydrogen-bond donors (Lipinski definition) is 1. The zero-order valence-electron chi connectivity index (χ0n) is 7.95. The van der Waals surface area contributed by atoms with Crippen molar-refractivity contribution in [2.24, 2.45) is 10.9 Å². The molecule has 0 amide bonds. The third kappa shape index (κ3) is 2.77. The number of nitrogens with zero attached hydrogens (tertiary/aromatic N) is 1. The van der Waals surface area contributed by atoms with Crippen LogP contribution >= 0.6 is 11.8 Å². The minimum absolute atomic E-state index is 0.869. The molecule has 0 aliphatic carbocycles. The zero-order chi connectivity index (χ0) is 9.68. The van der Waals surface area contributed by atoms with E-state index in [1.54, 1.807) is 0 Å². The highest BCUT2D eigenvalue weighted by molar-refractivity contribution is 7.99. The highest BCUT2D eigenvalue weighted by Crippen LogP contribution is 2.17. The fraction of sp³-hybridized carbons (Fsp3) is 0.300. The fourth-order valence-electron chi connectivity index (χ4n) is 1.03. The van der Waals surface area contributed by atoms with Gasteiger partial charge in [-0.2, -0.15) is 5.10 Å². The molecule has 0 heterocycles. The second-order valence-electron chi connectivity index (χ2n) is 2.67. The van der Waals surface area contributed by atoms with E-state index in [-0.39, 0.29) is 0 Å². The molecule has 0 bridgehead atoms. The summed E-state index contributed by atoms with van der Waals surface area (Å²) in [6.45, 7) is 4.05. The van der Waals surface area contributed by atoms with Crippen LogP contribution in [0.25, 0.3) is 0 Å². The predicted molar refractivity (Wildman–Crippen MR) is 59.2 cm³/mol. The van der Waals surface area contributed by atoms with Crippen LogP contribution in [0.1, 0.15) is 19.4 Å². The molecule has 0 saturated heterocycles. The fourth-order valence-corrected chi connectivity index (χ4v) is 1.70. The minimum atomic E-state index is 0.869. The van der Waals surface area contributed by atoms with Crippen LogP contribution in [0.3, 0.4) is 0 Å². The Morgan fingerprint density at radius 1 is 1.38 bits per heavy atom. The van der Waals surface area contributed by atoms with Crippen LogP contribution in [0.2, 0.25) is 0 Å². The number of rotatable bonds is 3. The van der Waals surface area contributed by atoms with Gasteiger partial charge < -0.3 is 5.84 Å². The lowest BCUT2D eigenvalue weighted by Gasteiger charge is -2.01. The Hall–Kier alpha value is -0.960. The molecule has 1 aromatic carbocycles. The van der Waals surface area contributed by atoms with Crippen LogP contribution in [0.5, 0.6) is 0 Å². The first-order valence-electron chi connectivity index (χ1n) is 4.25. The molecule has 1 rings (SSSR count). The normalized spacial score (nSPS) is 11.7. The van der Waals surface area contributed by atoms with Gasteiger partial charge in [0.15, 0.2) is 0 Å². The molecule has 0 aliphatic heterocycles. The van der Waals surface area contributed by atoms with Crippen LogP contribution in [-0.2, 0) is 0 Å². The molecule has 0 saturated carbocycles. The second-order valence-corrected chi connectivity index (χ2v) is 4.01. The van der Waals surface area contributed by atoms with Crippen LogP contribution in [0.4, 0.5) is 0 Å². The van der Waals surface area contributed by atoms with Gasteiger partial charge in [0.05, 0.1) is 5.71 Å². The molecule has 3 heteroatoms. The Kier molecular flexibility index (Phi) is 3.83.